The molecule has 4 heteroatoms. The van der Waals surface area contributed by atoms with E-state index in [2.05, 4.69) is 0 Å². The predicted octanol–water partition coefficient (Wildman–Crippen LogP) is -0.0727. The van der Waals surface area contributed by atoms with Gasteiger partial charge in [0.1, 0.15) is 0 Å². The Balaban J connectivity index is 2.25. The van der Waals surface area contributed by atoms with Gasteiger partial charge in [0, 0.05) is 5.92 Å². The van der Waals surface area contributed by atoms with Crippen LogP contribution in [0.1, 0.15) is 20.3 Å². The summed E-state index contributed by atoms with van der Waals surface area (Å²) in [6, 6.07) is 0. The van der Waals surface area contributed by atoms with Gasteiger partial charge in [0.05, 0.1) is 24.2 Å². The molecule has 14 heavy (non-hydrogen) atoms. The summed E-state index contributed by atoms with van der Waals surface area (Å²) in [5, 5.41) is 19.7. The molecule has 1 saturated carbocycles. The quantitative estimate of drug-likeness (QED) is 0.537. The summed E-state index contributed by atoms with van der Waals surface area (Å²) in [4.78, 5) is 11.3. The van der Waals surface area contributed by atoms with Crippen molar-refractivity contribution in [1.82, 2.24) is 0 Å². The lowest BCUT2D eigenvalue weighted by molar-refractivity contribution is -0.166. The zero-order valence-corrected chi connectivity index (χ0v) is 8.43. The molecule has 80 valence electrons. The first-order valence-corrected chi connectivity index (χ1v) is 5.01. The highest BCUT2D eigenvalue weighted by atomic mass is 16.5. The number of aliphatic hydroxyl groups is 2. The Morgan fingerprint density at radius 1 is 1.57 bits per heavy atom. The summed E-state index contributed by atoms with van der Waals surface area (Å²) in [7, 11) is 0. The van der Waals surface area contributed by atoms with E-state index in [-0.39, 0.29) is 30.3 Å². The molecule has 1 heterocycles. The van der Waals surface area contributed by atoms with Gasteiger partial charge in [0.15, 0.2) is 0 Å². The first-order valence-electron chi connectivity index (χ1n) is 5.01. The van der Waals surface area contributed by atoms with Crippen molar-refractivity contribution in [2.24, 2.45) is 17.8 Å². The van der Waals surface area contributed by atoms with E-state index in [9.17, 15) is 15.0 Å². The second-order valence-corrected chi connectivity index (χ2v) is 4.67. The lowest BCUT2D eigenvalue weighted by Gasteiger charge is -2.35. The minimum atomic E-state index is -1.11. The third kappa shape index (κ3) is 1.17. The van der Waals surface area contributed by atoms with E-state index in [1.54, 1.807) is 13.8 Å². The van der Waals surface area contributed by atoms with Crippen molar-refractivity contribution in [3.63, 3.8) is 0 Å². The summed E-state index contributed by atoms with van der Waals surface area (Å²) >= 11 is 0. The second-order valence-electron chi connectivity index (χ2n) is 4.67. The molecule has 1 aliphatic carbocycles. The van der Waals surface area contributed by atoms with Crippen molar-refractivity contribution >= 4 is 5.97 Å². The van der Waals surface area contributed by atoms with Crippen LogP contribution in [0.5, 0.6) is 0 Å². The van der Waals surface area contributed by atoms with Gasteiger partial charge in [-0.15, -0.1) is 0 Å². The van der Waals surface area contributed by atoms with Crippen LogP contribution in [0.3, 0.4) is 0 Å². The molecule has 0 bridgehead atoms. The first kappa shape index (κ1) is 9.93. The van der Waals surface area contributed by atoms with E-state index in [0.717, 1.165) is 0 Å². The van der Waals surface area contributed by atoms with Crippen molar-refractivity contribution in [3.8, 4) is 0 Å². The number of hydrogen-bond acceptors (Lipinski definition) is 4. The summed E-state index contributed by atoms with van der Waals surface area (Å²) in [6.07, 6.45) is -0.247. The van der Waals surface area contributed by atoms with Gasteiger partial charge >= 0.3 is 5.97 Å². The number of hydrogen-bond donors (Lipinski definition) is 2. The summed E-state index contributed by atoms with van der Waals surface area (Å²) in [6.45, 7) is 3.65. The highest BCUT2D eigenvalue weighted by Gasteiger charge is 2.55. The second kappa shape index (κ2) is 2.94. The van der Waals surface area contributed by atoms with Crippen molar-refractivity contribution in [3.05, 3.63) is 0 Å². The van der Waals surface area contributed by atoms with Crippen LogP contribution in [-0.4, -0.2) is 34.5 Å². The zero-order valence-electron chi connectivity index (χ0n) is 8.43. The SMILES string of the molecule is C[C@@H]1C(=O)OC[C@@H]2[C@H]1C[C@H](O)[C@@]2(C)O. The lowest BCUT2D eigenvalue weighted by Crippen LogP contribution is -2.46. The first-order chi connectivity index (χ1) is 6.44. The van der Waals surface area contributed by atoms with Crippen molar-refractivity contribution < 1.29 is 19.7 Å². The van der Waals surface area contributed by atoms with Crippen LogP contribution in [0.25, 0.3) is 0 Å². The topological polar surface area (TPSA) is 66.8 Å². The molecule has 5 atom stereocenters. The molecule has 0 aromatic carbocycles. The number of cyclic esters (lactones) is 1. The Bertz CT molecular complexity index is 261. The van der Waals surface area contributed by atoms with Gasteiger partial charge in [0.2, 0.25) is 0 Å². The van der Waals surface area contributed by atoms with Gasteiger partial charge in [-0.25, -0.2) is 0 Å². The third-order valence-corrected chi connectivity index (χ3v) is 3.86. The molecule has 0 spiro atoms. The Kier molecular flexibility index (Phi) is 2.08. The monoisotopic (exact) mass is 200 g/mol. The highest BCUT2D eigenvalue weighted by Crippen LogP contribution is 2.46. The smallest absolute Gasteiger partial charge is 0.308 e. The molecule has 1 saturated heterocycles. The molecule has 0 aromatic rings. The van der Waals surface area contributed by atoms with E-state index in [4.69, 9.17) is 4.74 Å². The largest absolute Gasteiger partial charge is 0.465 e. The average molecular weight is 200 g/mol. The van der Waals surface area contributed by atoms with E-state index in [1.165, 1.54) is 0 Å². The molecule has 2 aliphatic rings. The van der Waals surface area contributed by atoms with Crippen LogP contribution < -0.4 is 0 Å². The fraction of sp³-hybridized carbons (Fsp3) is 0.900. The van der Waals surface area contributed by atoms with Gasteiger partial charge in [-0.2, -0.15) is 0 Å². The van der Waals surface area contributed by atoms with Crippen molar-refractivity contribution in [1.29, 1.82) is 0 Å². The minimum Gasteiger partial charge on any atom is -0.465 e. The molecular weight excluding hydrogens is 184 g/mol. The van der Waals surface area contributed by atoms with Crippen LogP contribution in [0.15, 0.2) is 0 Å². The Morgan fingerprint density at radius 2 is 2.21 bits per heavy atom. The van der Waals surface area contributed by atoms with Gasteiger partial charge in [-0.3, -0.25) is 4.79 Å². The number of aliphatic hydroxyl groups excluding tert-OH is 1. The van der Waals surface area contributed by atoms with Gasteiger partial charge in [0.25, 0.3) is 0 Å². The number of ether oxygens (including phenoxy) is 1. The molecular formula is C10H16O4. The summed E-state index contributed by atoms with van der Waals surface area (Å²) in [5.41, 5.74) is -1.11. The average Bonchev–Trinajstić information content (AvgIpc) is 2.33. The molecule has 4 nitrogen and oxygen atoms in total. The minimum absolute atomic E-state index is 0.0567. The fourth-order valence-electron chi connectivity index (χ4n) is 2.66. The molecule has 2 fully saturated rings. The molecule has 0 amide bonds. The van der Waals surface area contributed by atoms with E-state index < -0.39 is 11.7 Å². The lowest BCUT2D eigenvalue weighted by atomic mass is 9.79. The maximum Gasteiger partial charge on any atom is 0.308 e. The van der Waals surface area contributed by atoms with E-state index in [1.807, 2.05) is 0 Å². The highest BCUT2D eigenvalue weighted by molar-refractivity contribution is 5.73. The maximum absolute atomic E-state index is 11.3. The van der Waals surface area contributed by atoms with Crippen LogP contribution in [0, 0.1) is 17.8 Å². The van der Waals surface area contributed by atoms with Gasteiger partial charge < -0.3 is 14.9 Å². The summed E-state index contributed by atoms with van der Waals surface area (Å²) in [5.74, 6) is -0.486. The normalized spacial score (nSPS) is 52.7. The number of esters is 1. The predicted molar refractivity (Wildman–Crippen MR) is 48.4 cm³/mol. The molecule has 1 aliphatic heterocycles. The third-order valence-electron chi connectivity index (χ3n) is 3.86. The van der Waals surface area contributed by atoms with Crippen LogP contribution >= 0.6 is 0 Å². The van der Waals surface area contributed by atoms with Crippen LogP contribution in [0.4, 0.5) is 0 Å². The Morgan fingerprint density at radius 3 is 2.86 bits per heavy atom. The number of carbonyl (C=O) groups is 1. The van der Waals surface area contributed by atoms with Gasteiger partial charge in [-0.1, -0.05) is 6.92 Å². The van der Waals surface area contributed by atoms with E-state index in [0.29, 0.717) is 6.42 Å². The maximum atomic E-state index is 11.3. The summed E-state index contributed by atoms with van der Waals surface area (Å²) < 4.78 is 4.98. The molecule has 0 unspecified atom stereocenters. The Labute approximate surface area is 82.9 Å². The van der Waals surface area contributed by atoms with Crippen molar-refractivity contribution in [2.45, 2.75) is 32.0 Å². The molecule has 0 radical (unpaired) electrons. The number of carbonyl (C=O) groups excluding carboxylic acids is 1. The van der Waals surface area contributed by atoms with Crippen molar-refractivity contribution in [2.75, 3.05) is 6.61 Å². The molecule has 0 aromatic heterocycles. The molecule has 2 rings (SSSR count). The number of fused-ring (bicyclic) bond motifs is 1. The number of rotatable bonds is 0. The van der Waals surface area contributed by atoms with E-state index >= 15 is 0 Å². The Hall–Kier alpha value is -0.610. The standard InChI is InChI=1S/C10H16O4/c1-5-6-3-8(11)10(2,13)7(6)4-14-9(5)12/h5-8,11,13H,3-4H2,1-2H3/t5-,6-,7+,8-,10-/m0/s1. The fourth-order valence-corrected chi connectivity index (χ4v) is 2.66. The van der Waals surface area contributed by atoms with Gasteiger partial charge in [-0.05, 0) is 19.3 Å². The van der Waals surface area contributed by atoms with Crippen LogP contribution in [0.2, 0.25) is 0 Å². The van der Waals surface area contributed by atoms with Crippen LogP contribution in [-0.2, 0) is 9.53 Å². The zero-order chi connectivity index (χ0) is 10.5. The molecule has 2 N–H and O–H groups in total.